The molecule has 0 saturated carbocycles. The number of hydrogen-bond donors (Lipinski definition) is 0. The van der Waals surface area contributed by atoms with E-state index in [4.69, 9.17) is 4.74 Å². The molecule has 0 heterocycles. The van der Waals surface area contributed by atoms with E-state index in [0.29, 0.717) is 4.90 Å². The van der Waals surface area contributed by atoms with Crippen LogP contribution in [0.15, 0.2) is 84.3 Å². The predicted octanol–water partition coefficient (Wildman–Crippen LogP) is 4.18. The summed E-state index contributed by atoms with van der Waals surface area (Å²) in [5, 5.41) is 0. The molecule has 0 fully saturated rings. The largest absolute Gasteiger partial charge is 0.491 e. The summed E-state index contributed by atoms with van der Waals surface area (Å²) in [6.07, 6.45) is 0. The summed E-state index contributed by atoms with van der Waals surface area (Å²) in [7, 11) is 1.14. The van der Waals surface area contributed by atoms with Crippen molar-refractivity contribution in [2.45, 2.75) is 0 Å². The number of ketones is 2. The third-order valence-corrected chi connectivity index (χ3v) is 5.07. The van der Waals surface area contributed by atoms with E-state index in [1.807, 2.05) is 0 Å². The zero-order valence-electron chi connectivity index (χ0n) is 17.2. The number of methoxy groups -OCH3 is 1. The fourth-order valence-electron chi connectivity index (χ4n) is 3.47. The van der Waals surface area contributed by atoms with Crippen LogP contribution >= 0.6 is 0 Å². The summed E-state index contributed by atoms with van der Waals surface area (Å²) in [6, 6.07) is 14.5. The van der Waals surface area contributed by atoms with Gasteiger partial charge in [-0.15, -0.1) is 0 Å². The summed E-state index contributed by atoms with van der Waals surface area (Å²) in [6.45, 7) is 0. The number of amides is 2. The Morgan fingerprint density at radius 1 is 0.697 bits per heavy atom. The average molecular weight is 447 g/mol. The fourth-order valence-corrected chi connectivity index (χ4v) is 3.47. The Balaban J connectivity index is 1.93. The molecule has 0 aliphatic heterocycles. The first kappa shape index (κ1) is 21.8. The fraction of sp³-hybridized carbons (Fsp3) is 0.0400. The highest BCUT2D eigenvalue weighted by molar-refractivity contribution is 6.29. The van der Waals surface area contributed by atoms with Crippen LogP contribution in [0.3, 0.4) is 0 Å². The van der Waals surface area contributed by atoms with E-state index in [-0.39, 0.29) is 22.3 Å². The third kappa shape index (κ3) is 3.82. The van der Waals surface area contributed by atoms with Gasteiger partial charge in [-0.3, -0.25) is 19.2 Å². The molecule has 0 N–H and O–H groups in total. The molecule has 33 heavy (non-hydrogen) atoms. The molecule has 2 amide bonds. The van der Waals surface area contributed by atoms with Crippen molar-refractivity contribution in [2.24, 2.45) is 0 Å². The molecule has 3 aromatic carbocycles. The van der Waals surface area contributed by atoms with Gasteiger partial charge in [0.1, 0.15) is 17.3 Å². The van der Waals surface area contributed by atoms with E-state index < -0.39 is 46.5 Å². The summed E-state index contributed by atoms with van der Waals surface area (Å²) in [4.78, 5) is 53.8. The third-order valence-electron chi connectivity index (χ3n) is 5.07. The Labute approximate surface area is 186 Å². The van der Waals surface area contributed by atoms with E-state index in [1.54, 1.807) is 6.07 Å². The lowest BCUT2D eigenvalue weighted by Gasteiger charge is -2.28. The minimum absolute atomic E-state index is 0.0119. The van der Waals surface area contributed by atoms with Gasteiger partial charge in [0.05, 0.1) is 7.11 Å². The van der Waals surface area contributed by atoms with E-state index >= 15 is 0 Å². The number of rotatable bonds is 4. The van der Waals surface area contributed by atoms with E-state index in [0.717, 1.165) is 55.6 Å². The maximum atomic E-state index is 13.4. The van der Waals surface area contributed by atoms with Crippen molar-refractivity contribution in [3.63, 3.8) is 0 Å². The van der Waals surface area contributed by atoms with Crippen molar-refractivity contribution < 1.29 is 32.7 Å². The number of halogens is 2. The number of benzene rings is 3. The normalized spacial score (nSPS) is 12.9. The first-order valence-electron chi connectivity index (χ1n) is 9.70. The van der Waals surface area contributed by atoms with Crippen molar-refractivity contribution in [3.05, 3.63) is 118 Å². The second-order valence-electron chi connectivity index (χ2n) is 7.05. The van der Waals surface area contributed by atoms with Crippen molar-refractivity contribution in [1.29, 1.82) is 0 Å². The molecule has 4 rings (SSSR count). The number of allylic oxidation sites excluding steroid dienone is 2. The Kier molecular flexibility index (Phi) is 5.66. The van der Waals surface area contributed by atoms with Gasteiger partial charge in [-0.2, -0.15) is 0 Å². The van der Waals surface area contributed by atoms with Crippen LogP contribution in [-0.2, 0) is 4.74 Å². The van der Waals surface area contributed by atoms with Crippen LogP contribution in [0, 0.1) is 11.6 Å². The monoisotopic (exact) mass is 447 g/mol. The van der Waals surface area contributed by atoms with Gasteiger partial charge in [-0.1, -0.05) is 24.3 Å². The summed E-state index contributed by atoms with van der Waals surface area (Å²) < 4.78 is 32.0. The molecule has 0 spiro atoms. The zero-order chi connectivity index (χ0) is 23.7. The van der Waals surface area contributed by atoms with Gasteiger partial charge in [0.15, 0.2) is 5.76 Å². The standard InChI is InChI=1S/C25H15F2NO5/c1-33-23-20(21(29)18-4-2-3-5-19(18)22(23)30)28(24(31)14-6-10-16(26)11-7-14)25(32)15-8-12-17(27)13-9-15/h2-13H,1H3. The molecule has 0 saturated heterocycles. The number of ether oxygens (including phenoxy) is 1. The highest BCUT2D eigenvalue weighted by Gasteiger charge is 2.41. The number of Topliss-reactive ketones (excluding diaryl/α,β-unsaturated/α-hetero) is 2. The average Bonchev–Trinajstić information content (AvgIpc) is 2.83. The Morgan fingerprint density at radius 2 is 1.12 bits per heavy atom. The highest BCUT2D eigenvalue weighted by atomic mass is 19.1. The van der Waals surface area contributed by atoms with E-state index in [2.05, 4.69) is 0 Å². The van der Waals surface area contributed by atoms with Gasteiger partial charge in [0.2, 0.25) is 11.6 Å². The maximum Gasteiger partial charge on any atom is 0.265 e. The van der Waals surface area contributed by atoms with E-state index in [1.165, 1.54) is 18.2 Å². The summed E-state index contributed by atoms with van der Waals surface area (Å²) >= 11 is 0. The predicted molar refractivity (Wildman–Crippen MR) is 112 cm³/mol. The van der Waals surface area contributed by atoms with Crippen molar-refractivity contribution in [3.8, 4) is 0 Å². The van der Waals surface area contributed by atoms with Crippen LogP contribution in [0.4, 0.5) is 8.78 Å². The number of carbonyl (C=O) groups is 4. The zero-order valence-corrected chi connectivity index (χ0v) is 17.2. The lowest BCUT2D eigenvalue weighted by Crippen LogP contribution is -2.42. The molecule has 6 nitrogen and oxygen atoms in total. The molecule has 0 bridgehead atoms. The van der Waals surface area contributed by atoms with Gasteiger partial charge in [-0.25, -0.2) is 13.7 Å². The van der Waals surface area contributed by atoms with Gasteiger partial charge < -0.3 is 4.74 Å². The number of nitrogens with zero attached hydrogens (tertiary/aromatic N) is 1. The minimum atomic E-state index is -0.991. The minimum Gasteiger partial charge on any atom is -0.491 e. The van der Waals surface area contributed by atoms with Gasteiger partial charge >= 0.3 is 0 Å². The first-order chi connectivity index (χ1) is 15.8. The lowest BCUT2D eigenvalue weighted by molar-refractivity contribution is 0.0624. The molecule has 164 valence electrons. The topological polar surface area (TPSA) is 80.8 Å². The second-order valence-corrected chi connectivity index (χ2v) is 7.05. The molecule has 0 aromatic heterocycles. The van der Waals surface area contributed by atoms with Gasteiger partial charge in [-0.05, 0) is 48.5 Å². The molecule has 0 unspecified atom stereocenters. The number of imide groups is 1. The molecule has 3 aromatic rings. The second kappa shape index (κ2) is 8.58. The lowest BCUT2D eigenvalue weighted by atomic mass is 9.90. The molecule has 1 aliphatic carbocycles. The van der Waals surface area contributed by atoms with Crippen LogP contribution in [-0.4, -0.2) is 35.4 Å². The van der Waals surface area contributed by atoms with Gasteiger partial charge in [0.25, 0.3) is 11.8 Å². The molecule has 0 atom stereocenters. The molecular weight excluding hydrogens is 432 g/mol. The smallest absolute Gasteiger partial charge is 0.265 e. The Hall–Kier alpha value is -4.46. The maximum absolute atomic E-state index is 13.4. The summed E-state index contributed by atoms with van der Waals surface area (Å²) in [5.41, 5.74) is -0.763. The molecular formula is C25H15F2NO5. The van der Waals surface area contributed by atoms with E-state index in [9.17, 15) is 28.0 Å². The van der Waals surface area contributed by atoms with Crippen LogP contribution in [0.1, 0.15) is 41.4 Å². The Morgan fingerprint density at radius 3 is 1.55 bits per heavy atom. The van der Waals surface area contributed by atoms with Gasteiger partial charge in [0, 0.05) is 22.3 Å². The number of fused-ring (bicyclic) bond motifs is 1. The van der Waals surface area contributed by atoms with Crippen molar-refractivity contribution >= 4 is 23.4 Å². The Bertz CT molecular complexity index is 1270. The molecule has 0 radical (unpaired) electrons. The molecule has 8 heteroatoms. The highest BCUT2D eigenvalue weighted by Crippen LogP contribution is 2.31. The molecule has 1 aliphatic rings. The van der Waals surface area contributed by atoms with Crippen LogP contribution in [0.2, 0.25) is 0 Å². The van der Waals surface area contributed by atoms with Crippen molar-refractivity contribution in [1.82, 2.24) is 4.90 Å². The SMILES string of the molecule is COC1=C(N(C(=O)c2ccc(F)cc2)C(=O)c2ccc(F)cc2)C(=O)c2ccccc2C1=O. The number of carbonyl (C=O) groups excluding carboxylic acids is 4. The van der Waals surface area contributed by atoms with Crippen molar-refractivity contribution in [2.75, 3.05) is 7.11 Å². The van der Waals surface area contributed by atoms with Crippen LogP contribution in [0.25, 0.3) is 0 Å². The quantitative estimate of drug-likeness (QED) is 0.561. The summed E-state index contributed by atoms with van der Waals surface area (Å²) in [5.74, 6) is -5.18. The first-order valence-corrected chi connectivity index (χ1v) is 9.70. The van der Waals surface area contributed by atoms with Crippen LogP contribution < -0.4 is 0 Å². The van der Waals surface area contributed by atoms with Crippen LogP contribution in [0.5, 0.6) is 0 Å². The number of hydrogen-bond acceptors (Lipinski definition) is 5.